The summed E-state index contributed by atoms with van der Waals surface area (Å²) < 4.78 is 0. The second-order valence-electron chi connectivity index (χ2n) is 4.63. The Morgan fingerprint density at radius 1 is 1.29 bits per heavy atom. The monoisotopic (exact) mass is 227 g/mol. The van der Waals surface area contributed by atoms with Gasteiger partial charge < -0.3 is 10.6 Å². The van der Waals surface area contributed by atoms with Crippen LogP contribution in [0.1, 0.15) is 18.5 Å². The minimum Gasteiger partial charge on any atom is -0.367 e. The van der Waals surface area contributed by atoms with E-state index < -0.39 is 0 Å². The maximum atomic E-state index is 4.70. The van der Waals surface area contributed by atoms with Crippen molar-refractivity contribution in [2.24, 2.45) is 0 Å². The molecule has 0 amide bonds. The summed E-state index contributed by atoms with van der Waals surface area (Å²) in [4.78, 5) is 4.70. The molecule has 1 fully saturated rings. The highest BCUT2D eigenvalue weighted by Gasteiger charge is 2.22. The van der Waals surface area contributed by atoms with E-state index in [1.54, 1.807) is 0 Å². The predicted molar refractivity (Wildman–Crippen MR) is 71.2 cm³/mol. The quantitative estimate of drug-likeness (QED) is 0.842. The number of fused-ring (bicyclic) bond motifs is 1. The molecule has 0 unspecified atom stereocenters. The van der Waals surface area contributed by atoms with Crippen LogP contribution >= 0.6 is 0 Å². The molecule has 3 rings (SSSR count). The lowest BCUT2D eigenvalue weighted by Gasteiger charge is -2.10. The van der Waals surface area contributed by atoms with Crippen molar-refractivity contribution in [2.45, 2.75) is 25.4 Å². The second-order valence-corrected chi connectivity index (χ2v) is 4.63. The van der Waals surface area contributed by atoms with E-state index in [2.05, 4.69) is 41.0 Å². The average Bonchev–Trinajstić information content (AvgIpc) is 3.13. The van der Waals surface area contributed by atoms with Crippen molar-refractivity contribution in [1.29, 1.82) is 0 Å². The summed E-state index contributed by atoms with van der Waals surface area (Å²) in [6, 6.07) is 11.2. The number of nitrogens with zero attached hydrogens (tertiary/aromatic N) is 1. The zero-order valence-corrected chi connectivity index (χ0v) is 10.0. The van der Waals surface area contributed by atoms with E-state index in [1.165, 1.54) is 23.6 Å². The van der Waals surface area contributed by atoms with Gasteiger partial charge >= 0.3 is 0 Å². The highest BCUT2D eigenvalue weighted by atomic mass is 15.0. The fraction of sp³-hybridized carbons (Fsp3) is 0.357. The summed E-state index contributed by atoms with van der Waals surface area (Å²) in [5, 5.41) is 9.15. The van der Waals surface area contributed by atoms with Gasteiger partial charge in [-0.1, -0.05) is 24.3 Å². The first-order valence-electron chi connectivity index (χ1n) is 6.16. The summed E-state index contributed by atoms with van der Waals surface area (Å²) in [7, 11) is 1.95. The molecule has 0 saturated heterocycles. The van der Waals surface area contributed by atoms with Gasteiger partial charge in [0.05, 0.1) is 5.69 Å². The van der Waals surface area contributed by atoms with E-state index >= 15 is 0 Å². The van der Waals surface area contributed by atoms with Crippen molar-refractivity contribution in [3.63, 3.8) is 0 Å². The first-order valence-corrected chi connectivity index (χ1v) is 6.16. The maximum absolute atomic E-state index is 4.70. The third kappa shape index (κ3) is 2.24. The van der Waals surface area contributed by atoms with Crippen LogP contribution in [0.25, 0.3) is 10.8 Å². The minimum absolute atomic E-state index is 0.635. The molecule has 0 radical (unpaired) electrons. The van der Waals surface area contributed by atoms with Crippen molar-refractivity contribution in [2.75, 3.05) is 12.4 Å². The van der Waals surface area contributed by atoms with Gasteiger partial charge in [0.25, 0.3) is 0 Å². The molecule has 0 bridgehead atoms. The number of anilines is 1. The van der Waals surface area contributed by atoms with Crippen molar-refractivity contribution in [3.05, 3.63) is 36.0 Å². The van der Waals surface area contributed by atoms with Gasteiger partial charge in [-0.2, -0.15) is 0 Å². The smallest absolute Gasteiger partial charge is 0.134 e. The Morgan fingerprint density at radius 2 is 2.12 bits per heavy atom. The number of pyridine rings is 1. The molecule has 1 aromatic carbocycles. The van der Waals surface area contributed by atoms with Crippen LogP contribution in [0.3, 0.4) is 0 Å². The average molecular weight is 227 g/mol. The van der Waals surface area contributed by atoms with Gasteiger partial charge in [0.1, 0.15) is 5.82 Å². The number of aromatic nitrogens is 1. The van der Waals surface area contributed by atoms with Gasteiger partial charge in [-0.15, -0.1) is 0 Å². The Hall–Kier alpha value is -1.61. The molecular formula is C14H17N3. The molecular weight excluding hydrogens is 210 g/mol. The number of benzene rings is 1. The molecule has 0 aliphatic heterocycles. The molecule has 3 nitrogen and oxygen atoms in total. The van der Waals surface area contributed by atoms with Gasteiger partial charge in [-0.3, -0.25) is 0 Å². The molecule has 1 saturated carbocycles. The third-order valence-electron chi connectivity index (χ3n) is 3.07. The minimum atomic E-state index is 0.635. The van der Waals surface area contributed by atoms with E-state index in [0.29, 0.717) is 6.04 Å². The SMILES string of the molecule is CNCc1cc2ccccc2c(NC2CC2)n1. The van der Waals surface area contributed by atoms with Crippen LogP contribution in [-0.2, 0) is 6.54 Å². The molecule has 17 heavy (non-hydrogen) atoms. The zero-order chi connectivity index (χ0) is 11.7. The molecule has 3 heteroatoms. The Bertz CT molecular complexity index is 532. The van der Waals surface area contributed by atoms with Crippen molar-refractivity contribution < 1.29 is 0 Å². The number of nitrogens with one attached hydrogen (secondary N) is 2. The maximum Gasteiger partial charge on any atom is 0.134 e. The molecule has 1 aliphatic carbocycles. The predicted octanol–water partition coefficient (Wildman–Crippen LogP) is 2.53. The largest absolute Gasteiger partial charge is 0.367 e. The summed E-state index contributed by atoms with van der Waals surface area (Å²) in [6.45, 7) is 0.810. The van der Waals surface area contributed by atoms with Gasteiger partial charge in [0.2, 0.25) is 0 Å². The number of hydrogen-bond donors (Lipinski definition) is 2. The van der Waals surface area contributed by atoms with Crippen molar-refractivity contribution in [3.8, 4) is 0 Å². The van der Waals surface area contributed by atoms with Crippen LogP contribution in [0.4, 0.5) is 5.82 Å². The lowest BCUT2D eigenvalue weighted by Crippen LogP contribution is -2.10. The molecule has 2 N–H and O–H groups in total. The van der Waals surface area contributed by atoms with Crippen LogP contribution in [0.2, 0.25) is 0 Å². The lowest BCUT2D eigenvalue weighted by molar-refractivity contribution is 0.793. The fourth-order valence-corrected chi connectivity index (χ4v) is 2.06. The first kappa shape index (κ1) is 10.5. The van der Waals surface area contributed by atoms with Crippen molar-refractivity contribution in [1.82, 2.24) is 10.3 Å². The fourth-order valence-electron chi connectivity index (χ4n) is 2.06. The summed E-state index contributed by atoms with van der Waals surface area (Å²) in [5.41, 5.74) is 1.09. The third-order valence-corrected chi connectivity index (χ3v) is 3.07. The summed E-state index contributed by atoms with van der Waals surface area (Å²) >= 11 is 0. The van der Waals surface area contributed by atoms with Crippen LogP contribution in [0.5, 0.6) is 0 Å². The summed E-state index contributed by atoms with van der Waals surface area (Å²) in [6.07, 6.45) is 2.54. The van der Waals surface area contributed by atoms with Gasteiger partial charge in [-0.25, -0.2) is 4.98 Å². The molecule has 0 atom stereocenters. The van der Waals surface area contributed by atoms with Crippen LogP contribution in [-0.4, -0.2) is 18.1 Å². The molecule has 1 heterocycles. The van der Waals surface area contributed by atoms with Crippen LogP contribution < -0.4 is 10.6 Å². The van der Waals surface area contributed by atoms with E-state index in [-0.39, 0.29) is 0 Å². The topological polar surface area (TPSA) is 37.0 Å². The van der Waals surface area contributed by atoms with E-state index in [1.807, 2.05) is 7.05 Å². The van der Waals surface area contributed by atoms with Gasteiger partial charge in [0.15, 0.2) is 0 Å². The van der Waals surface area contributed by atoms with Crippen LogP contribution in [0, 0.1) is 0 Å². The van der Waals surface area contributed by atoms with E-state index in [9.17, 15) is 0 Å². The standard InChI is InChI=1S/C14H17N3/c1-15-9-12-8-10-4-2-3-5-13(10)14(17-12)16-11-6-7-11/h2-5,8,11,15H,6-7,9H2,1H3,(H,16,17). The molecule has 1 aliphatic rings. The Labute approximate surface area is 101 Å². The van der Waals surface area contributed by atoms with E-state index in [0.717, 1.165) is 18.1 Å². The number of rotatable bonds is 4. The second kappa shape index (κ2) is 4.34. The first-order chi connectivity index (χ1) is 8.36. The molecule has 88 valence electrons. The lowest BCUT2D eigenvalue weighted by atomic mass is 10.1. The van der Waals surface area contributed by atoms with Gasteiger partial charge in [0, 0.05) is 18.0 Å². The Balaban J connectivity index is 2.07. The Kier molecular flexibility index (Phi) is 2.69. The zero-order valence-electron chi connectivity index (χ0n) is 10.0. The Morgan fingerprint density at radius 3 is 2.88 bits per heavy atom. The normalized spacial score (nSPS) is 15.1. The molecule has 1 aromatic heterocycles. The van der Waals surface area contributed by atoms with Gasteiger partial charge in [-0.05, 0) is 31.3 Å². The molecule has 0 spiro atoms. The van der Waals surface area contributed by atoms with Crippen LogP contribution in [0.15, 0.2) is 30.3 Å². The van der Waals surface area contributed by atoms with Crippen molar-refractivity contribution >= 4 is 16.6 Å². The highest BCUT2D eigenvalue weighted by molar-refractivity contribution is 5.92. The number of hydrogen-bond acceptors (Lipinski definition) is 3. The highest BCUT2D eigenvalue weighted by Crippen LogP contribution is 2.28. The van der Waals surface area contributed by atoms with E-state index in [4.69, 9.17) is 4.98 Å². The summed E-state index contributed by atoms with van der Waals surface area (Å²) in [5.74, 6) is 1.04. The molecule has 2 aromatic rings.